The van der Waals surface area contributed by atoms with Crippen LogP contribution in [0.25, 0.3) is 16.9 Å². The van der Waals surface area contributed by atoms with Crippen molar-refractivity contribution < 1.29 is 4.79 Å². The van der Waals surface area contributed by atoms with Gasteiger partial charge in [-0.3, -0.25) is 14.2 Å². The Labute approximate surface area is 163 Å². The summed E-state index contributed by atoms with van der Waals surface area (Å²) in [6.07, 6.45) is 2.82. The molecule has 1 aliphatic heterocycles. The number of benzene rings is 1. The van der Waals surface area contributed by atoms with Crippen LogP contribution < -0.4 is 5.56 Å². The lowest BCUT2D eigenvalue weighted by Crippen LogP contribution is -2.30. The van der Waals surface area contributed by atoms with Gasteiger partial charge in [0.15, 0.2) is 5.65 Å². The average Bonchev–Trinajstić information content (AvgIpc) is 3.36. The Kier molecular flexibility index (Phi) is 4.98. The summed E-state index contributed by atoms with van der Waals surface area (Å²) >= 11 is 0. The summed E-state index contributed by atoms with van der Waals surface area (Å²) in [5.41, 5.74) is 3.38. The highest BCUT2D eigenvalue weighted by Gasteiger charge is 2.21. The Morgan fingerprint density at radius 1 is 1.14 bits per heavy atom. The summed E-state index contributed by atoms with van der Waals surface area (Å²) in [4.78, 5) is 32.0. The number of likely N-dealkylation sites (tertiary alicyclic amines) is 1. The number of amides is 1. The third-order valence-electron chi connectivity index (χ3n) is 5.35. The Balaban J connectivity index is 1.74. The van der Waals surface area contributed by atoms with Crippen LogP contribution in [0.3, 0.4) is 0 Å². The molecular weight excluding hydrogens is 354 g/mol. The molecule has 1 aliphatic rings. The third-order valence-corrected chi connectivity index (χ3v) is 5.35. The van der Waals surface area contributed by atoms with Crippen LogP contribution in [0, 0.1) is 6.92 Å². The molecule has 0 radical (unpaired) electrons. The van der Waals surface area contributed by atoms with Crippen LogP contribution in [0.4, 0.5) is 0 Å². The maximum Gasteiger partial charge on any atom is 0.273 e. The number of para-hydroxylation sites is 1. The van der Waals surface area contributed by atoms with Gasteiger partial charge in [0.05, 0.1) is 11.4 Å². The lowest BCUT2D eigenvalue weighted by molar-refractivity contribution is -0.130. The van der Waals surface area contributed by atoms with Crippen LogP contribution in [-0.4, -0.2) is 43.2 Å². The quantitative estimate of drug-likeness (QED) is 0.683. The van der Waals surface area contributed by atoms with E-state index in [4.69, 9.17) is 0 Å². The summed E-state index contributed by atoms with van der Waals surface area (Å²) < 4.78 is 3.49. The van der Waals surface area contributed by atoms with Crippen LogP contribution in [0.5, 0.6) is 0 Å². The summed E-state index contributed by atoms with van der Waals surface area (Å²) in [6, 6.07) is 9.75. The highest BCUT2D eigenvalue weighted by Crippen LogP contribution is 2.20. The summed E-state index contributed by atoms with van der Waals surface area (Å²) in [6.45, 7) is 6.01. The number of hydrogen-bond acceptors (Lipinski definition) is 4. The second-order valence-corrected chi connectivity index (χ2v) is 7.20. The molecule has 2 aromatic heterocycles. The first-order chi connectivity index (χ1) is 13.6. The SMILES string of the molecule is CCn1c(=O)c(CCC(=O)N2CCCC2)nc2c(C)nn(-c3ccccc3)c21. The molecule has 0 aliphatic carbocycles. The van der Waals surface area contributed by atoms with Gasteiger partial charge >= 0.3 is 0 Å². The molecule has 3 aromatic rings. The number of carbonyl (C=O) groups is 1. The number of fused-ring (bicyclic) bond motifs is 1. The number of carbonyl (C=O) groups excluding carboxylic acids is 1. The Morgan fingerprint density at radius 2 is 1.86 bits per heavy atom. The lowest BCUT2D eigenvalue weighted by atomic mass is 10.2. The molecule has 0 N–H and O–H groups in total. The van der Waals surface area contributed by atoms with E-state index < -0.39 is 0 Å². The number of aromatic nitrogens is 4. The number of aryl methyl sites for hydroxylation is 3. The van der Waals surface area contributed by atoms with E-state index in [0.717, 1.165) is 37.3 Å². The van der Waals surface area contributed by atoms with E-state index in [1.165, 1.54) is 0 Å². The van der Waals surface area contributed by atoms with E-state index in [9.17, 15) is 9.59 Å². The van der Waals surface area contributed by atoms with E-state index >= 15 is 0 Å². The average molecular weight is 379 g/mol. The predicted octanol–water partition coefficient (Wildman–Crippen LogP) is 2.47. The number of nitrogens with zero attached hydrogens (tertiary/aromatic N) is 5. The molecule has 0 atom stereocenters. The molecule has 7 heteroatoms. The van der Waals surface area contributed by atoms with Crippen molar-refractivity contribution in [2.24, 2.45) is 0 Å². The number of hydrogen-bond donors (Lipinski definition) is 0. The zero-order chi connectivity index (χ0) is 19.7. The fourth-order valence-electron chi connectivity index (χ4n) is 3.87. The first-order valence-electron chi connectivity index (χ1n) is 9.92. The van der Waals surface area contributed by atoms with Gasteiger partial charge in [0, 0.05) is 32.5 Å². The molecule has 146 valence electrons. The van der Waals surface area contributed by atoms with Gasteiger partial charge in [0.1, 0.15) is 11.2 Å². The Bertz CT molecular complexity index is 1060. The molecule has 3 heterocycles. The second kappa shape index (κ2) is 7.58. The van der Waals surface area contributed by atoms with E-state index in [2.05, 4.69) is 10.1 Å². The minimum absolute atomic E-state index is 0.110. The molecule has 28 heavy (non-hydrogen) atoms. The lowest BCUT2D eigenvalue weighted by Gasteiger charge is -2.15. The van der Waals surface area contributed by atoms with Crippen molar-refractivity contribution in [1.29, 1.82) is 0 Å². The largest absolute Gasteiger partial charge is 0.343 e. The Morgan fingerprint density at radius 3 is 2.54 bits per heavy atom. The molecule has 1 saturated heterocycles. The van der Waals surface area contributed by atoms with Crippen molar-refractivity contribution in [3.8, 4) is 5.69 Å². The van der Waals surface area contributed by atoms with Gasteiger partial charge in [0.25, 0.3) is 5.56 Å². The normalized spacial score (nSPS) is 14.1. The molecule has 1 amide bonds. The van der Waals surface area contributed by atoms with Crippen LogP contribution >= 0.6 is 0 Å². The summed E-state index contributed by atoms with van der Waals surface area (Å²) in [7, 11) is 0. The van der Waals surface area contributed by atoms with Gasteiger partial charge in [-0.1, -0.05) is 18.2 Å². The molecular formula is C21H25N5O2. The standard InChI is InChI=1S/C21H25N5O2/c1-3-25-20-19(15(2)23-26(20)16-9-5-4-6-10-16)22-17(21(25)28)11-12-18(27)24-13-7-8-14-24/h4-6,9-10H,3,7-8,11-14H2,1-2H3. The van der Waals surface area contributed by atoms with Gasteiger partial charge in [-0.15, -0.1) is 0 Å². The molecule has 0 spiro atoms. The van der Waals surface area contributed by atoms with Crippen molar-refractivity contribution in [1.82, 2.24) is 24.2 Å². The first kappa shape index (κ1) is 18.4. The van der Waals surface area contributed by atoms with E-state index in [0.29, 0.717) is 36.2 Å². The second-order valence-electron chi connectivity index (χ2n) is 7.20. The van der Waals surface area contributed by atoms with Crippen LogP contribution in [0.2, 0.25) is 0 Å². The van der Waals surface area contributed by atoms with E-state index in [1.54, 1.807) is 9.25 Å². The zero-order valence-corrected chi connectivity index (χ0v) is 16.4. The highest BCUT2D eigenvalue weighted by molar-refractivity contribution is 5.77. The van der Waals surface area contributed by atoms with Crippen LogP contribution in [-0.2, 0) is 17.8 Å². The third kappa shape index (κ3) is 3.21. The van der Waals surface area contributed by atoms with Crippen LogP contribution in [0.15, 0.2) is 35.1 Å². The van der Waals surface area contributed by atoms with Crippen molar-refractivity contribution in [2.75, 3.05) is 13.1 Å². The predicted molar refractivity (Wildman–Crippen MR) is 108 cm³/mol. The van der Waals surface area contributed by atoms with Gasteiger partial charge in [-0.05, 0) is 38.8 Å². The molecule has 7 nitrogen and oxygen atoms in total. The summed E-state index contributed by atoms with van der Waals surface area (Å²) in [5, 5.41) is 4.63. The van der Waals surface area contributed by atoms with Gasteiger partial charge in [-0.25, -0.2) is 9.67 Å². The fourth-order valence-corrected chi connectivity index (χ4v) is 3.87. The Hall–Kier alpha value is -2.96. The van der Waals surface area contributed by atoms with Crippen molar-refractivity contribution in [2.45, 2.75) is 46.1 Å². The smallest absolute Gasteiger partial charge is 0.273 e. The van der Waals surface area contributed by atoms with Crippen molar-refractivity contribution >= 4 is 17.1 Å². The van der Waals surface area contributed by atoms with E-state index in [-0.39, 0.29) is 11.5 Å². The molecule has 0 saturated carbocycles. The molecule has 1 aromatic carbocycles. The number of rotatable bonds is 5. The van der Waals surface area contributed by atoms with Crippen molar-refractivity contribution in [3.63, 3.8) is 0 Å². The van der Waals surface area contributed by atoms with Gasteiger partial charge in [-0.2, -0.15) is 5.10 Å². The molecule has 0 unspecified atom stereocenters. The van der Waals surface area contributed by atoms with Crippen molar-refractivity contribution in [3.05, 3.63) is 52.1 Å². The van der Waals surface area contributed by atoms with Gasteiger partial charge < -0.3 is 4.90 Å². The monoisotopic (exact) mass is 379 g/mol. The van der Waals surface area contributed by atoms with E-state index in [1.807, 2.05) is 49.1 Å². The molecule has 1 fully saturated rings. The summed E-state index contributed by atoms with van der Waals surface area (Å²) in [5.74, 6) is 0.110. The maximum absolute atomic E-state index is 13.1. The zero-order valence-electron chi connectivity index (χ0n) is 16.4. The topological polar surface area (TPSA) is 73.0 Å². The fraction of sp³-hybridized carbons (Fsp3) is 0.429. The first-order valence-corrected chi connectivity index (χ1v) is 9.92. The molecule has 0 bridgehead atoms. The highest BCUT2D eigenvalue weighted by atomic mass is 16.2. The minimum Gasteiger partial charge on any atom is -0.343 e. The minimum atomic E-state index is -0.138. The van der Waals surface area contributed by atoms with Crippen LogP contribution in [0.1, 0.15) is 37.6 Å². The maximum atomic E-state index is 13.1. The van der Waals surface area contributed by atoms with Gasteiger partial charge in [0.2, 0.25) is 5.91 Å². The molecule has 4 rings (SSSR count).